The maximum Gasteiger partial charge on any atom is 0.168 e. The molecule has 0 bridgehead atoms. The van der Waals surface area contributed by atoms with E-state index in [1.54, 1.807) is 6.07 Å². The van der Waals surface area contributed by atoms with Crippen molar-refractivity contribution in [3.8, 4) is 11.5 Å². The molecule has 1 aromatic rings. The quantitative estimate of drug-likeness (QED) is 0.316. The van der Waals surface area contributed by atoms with Crippen LogP contribution in [0.4, 0.5) is 5.69 Å². The molecule has 3 N–H and O–H groups in total. The van der Waals surface area contributed by atoms with Crippen LogP contribution in [-0.4, -0.2) is 10.2 Å². The molecule has 0 saturated heterocycles. The molecule has 0 radical (unpaired) electrons. The van der Waals surface area contributed by atoms with E-state index in [9.17, 15) is 10.2 Å². The molecule has 0 saturated carbocycles. The third-order valence-electron chi connectivity index (χ3n) is 4.12. The number of rotatable bonds is 12. The van der Waals surface area contributed by atoms with Gasteiger partial charge < -0.3 is 10.2 Å². The first kappa shape index (κ1) is 18.5. The van der Waals surface area contributed by atoms with E-state index in [0.29, 0.717) is 0 Å². The zero-order valence-corrected chi connectivity index (χ0v) is 13.8. The van der Waals surface area contributed by atoms with Crippen LogP contribution in [0.25, 0.3) is 0 Å². The first-order chi connectivity index (χ1) is 10.7. The fraction of sp³-hybridized carbons (Fsp3) is 0.667. The molecule has 4 heteroatoms. The van der Waals surface area contributed by atoms with E-state index in [0.717, 1.165) is 24.8 Å². The van der Waals surface area contributed by atoms with Crippen molar-refractivity contribution in [2.75, 3.05) is 0 Å². The van der Waals surface area contributed by atoms with E-state index in [1.165, 1.54) is 57.4 Å². The Morgan fingerprint density at radius 3 is 1.95 bits per heavy atom. The van der Waals surface area contributed by atoms with E-state index in [2.05, 4.69) is 12.0 Å². The molecular weight excluding hydrogens is 276 g/mol. The highest BCUT2D eigenvalue weighted by molar-refractivity contribution is 5.63. The van der Waals surface area contributed by atoms with Gasteiger partial charge in [0.25, 0.3) is 0 Å². The molecule has 0 fully saturated rings. The average molecular weight is 306 g/mol. The number of phenols is 2. The summed E-state index contributed by atoms with van der Waals surface area (Å²) in [6, 6.07) is 3.21. The number of benzene rings is 1. The maximum absolute atomic E-state index is 9.94. The number of phenolic OH excluding ortho intramolecular Hbond substituents is 2. The molecule has 0 aliphatic heterocycles. The van der Waals surface area contributed by atoms with Gasteiger partial charge in [-0.1, -0.05) is 70.8 Å². The van der Waals surface area contributed by atoms with Gasteiger partial charge in [-0.25, -0.2) is 5.53 Å². The van der Waals surface area contributed by atoms with Crippen molar-refractivity contribution in [1.29, 1.82) is 5.53 Å². The Morgan fingerprint density at radius 1 is 0.864 bits per heavy atom. The predicted molar refractivity (Wildman–Crippen MR) is 90.1 cm³/mol. The van der Waals surface area contributed by atoms with E-state index < -0.39 is 0 Å². The average Bonchev–Trinajstić information content (AvgIpc) is 2.51. The second-order valence-corrected chi connectivity index (χ2v) is 5.98. The SMILES string of the molecule is CCCCCCCCCCCCc1ccc(O)c(N=N)c1O. The molecule has 22 heavy (non-hydrogen) atoms. The van der Waals surface area contributed by atoms with Crippen molar-refractivity contribution in [3.05, 3.63) is 17.7 Å². The molecule has 0 amide bonds. The Hall–Kier alpha value is -1.58. The van der Waals surface area contributed by atoms with Crippen LogP contribution >= 0.6 is 0 Å². The van der Waals surface area contributed by atoms with Gasteiger partial charge in [0.15, 0.2) is 5.69 Å². The van der Waals surface area contributed by atoms with Crippen molar-refractivity contribution < 1.29 is 10.2 Å². The molecule has 124 valence electrons. The highest BCUT2D eigenvalue weighted by atomic mass is 16.3. The van der Waals surface area contributed by atoms with Crippen LogP contribution < -0.4 is 0 Å². The summed E-state index contributed by atoms with van der Waals surface area (Å²) in [7, 11) is 0. The van der Waals surface area contributed by atoms with Crippen LogP contribution in [-0.2, 0) is 6.42 Å². The lowest BCUT2D eigenvalue weighted by Gasteiger charge is -2.08. The lowest BCUT2D eigenvalue weighted by Crippen LogP contribution is -1.88. The molecule has 0 spiro atoms. The van der Waals surface area contributed by atoms with Crippen LogP contribution in [0.1, 0.15) is 76.7 Å². The first-order valence-electron chi connectivity index (χ1n) is 8.62. The summed E-state index contributed by atoms with van der Waals surface area (Å²) in [5, 5.41) is 22.6. The van der Waals surface area contributed by atoms with Crippen molar-refractivity contribution in [3.63, 3.8) is 0 Å². The summed E-state index contributed by atoms with van der Waals surface area (Å²) < 4.78 is 0. The van der Waals surface area contributed by atoms with Crippen LogP contribution in [0.15, 0.2) is 17.2 Å². The van der Waals surface area contributed by atoms with Gasteiger partial charge in [-0.3, -0.25) is 0 Å². The van der Waals surface area contributed by atoms with Gasteiger partial charge in [0.05, 0.1) is 0 Å². The van der Waals surface area contributed by atoms with Gasteiger partial charge >= 0.3 is 0 Å². The van der Waals surface area contributed by atoms with E-state index in [-0.39, 0.29) is 17.2 Å². The van der Waals surface area contributed by atoms with Crippen LogP contribution in [0.3, 0.4) is 0 Å². The van der Waals surface area contributed by atoms with Crippen molar-refractivity contribution >= 4 is 5.69 Å². The number of hydrogen-bond acceptors (Lipinski definition) is 4. The molecule has 0 heterocycles. The second kappa shape index (κ2) is 11.0. The predicted octanol–water partition coefficient (Wildman–Crippen LogP) is 6.22. The fourth-order valence-electron chi connectivity index (χ4n) is 2.73. The van der Waals surface area contributed by atoms with Gasteiger partial charge in [-0.2, -0.15) is 5.11 Å². The Kier molecular flexibility index (Phi) is 9.28. The van der Waals surface area contributed by atoms with Crippen molar-refractivity contribution in [2.45, 2.75) is 77.6 Å². The lowest BCUT2D eigenvalue weighted by atomic mass is 10.0. The van der Waals surface area contributed by atoms with Gasteiger partial charge in [-0.05, 0) is 24.5 Å². The molecular formula is C18H30N2O2. The summed E-state index contributed by atoms with van der Waals surface area (Å²) in [5.41, 5.74) is 7.72. The normalized spacial score (nSPS) is 10.8. The summed E-state index contributed by atoms with van der Waals surface area (Å²) in [6.45, 7) is 2.24. The van der Waals surface area contributed by atoms with E-state index >= 15 is 0 Å². The Balaban J connectivity index is 2.14. The summed E-state index contributed by atoms with van der Waals surface area (Å²) in [5.74, 6) is -0.190. The minimum atomic E-state index is -0.140. The third-order valence-corrected chi connectivity index (χ3v) is 4.12. The Bertz CT molecular complexity index is 447. The molecule has 4 nitrogen and oxygen atoms in total. The Labute approximate surface area is 134 Å². The fourth-order valence-corrected chi connectivity index (χ4v) is 2.73. The molecule has 1 aromatic carbocycles. The molecule has 0 unspecified atom stereocenters. The molecule has 0 aromatic heterocycles. The highest BCUT2D eigenvalue weighted by Gasteiger charge is 2.11. The number of nitrogens with one attached hydrogen (secondary N) is 1. The Morgan fingerprint density at radius 2 is 1.41 bits per heavy atom. The van der Waals surface area contributed by atoms with Gasteiger partial charge in [0.2, 0.25) is 0 Å². The van der Waals surface area contributed by atoms with Crippen LogP contribution in [0, 0.1) is 5.53 Å². The number of nitrogens with zero attached hydrogens (tertiary/aromatic N) is 1. The standard InChI is InChI=1S/C18H30N2O2/c1-2-3-4-5-6-7-8-9-10-11-12-15-13-14-16(21)17(20-19)18(15)22/h13-14,19,21-22H,2-12H2,1H3. The first-order valence-corrected chi connectivity index (χ1v) is 8.62. The van der Waals surface area contributed by atoms with Gasteiger partial charge in [-0.15, -0.1) is 0 Å². The molecule has 0 atom stereocenters. The molecule has 1 rings (SSSR count). The minimum absolute atomic E-state index is 0.0235. The van der Waals surface area contributed by atoms with Crippen molar-refractivity contribution in [1.82, 2.24) is 0 Å². The maximum atomic E-state index is 9.94. The zero-order valence-electron chi connectivity index (χ0n) is 13.8. The number of aromatic hydroxyl groups is 2. The zero-order chi connectivity index (χ0) is 16.2. The number of hydrogen-bond donors (Lipinski definition) is 3. The number of unbranched alkanes of at least 4 members (excludes halogenated alkanes) is 9. The lowest BCUT2D eigenvalue weighted by molar-refractivity contribution is 0.446. The van der Waals surface area contributed by atoms with E-state index in [1.807, 2.05) is 0 Å². The number of aryl methyl sites for hydroxylation is 1. The topological polar surface area (TPSA) is 76.7 Å². The van der Waals surface area contributed by atoms with E-state index in [4.69, 9.17) is 5.53 Å². The second-order valence-electron chi connectivity index (χ2n) is 5.98. The minimum Gasteiger partial charge on any atom is -0.505 e. The largest absolute Gasteiger partial charge is 0.505 e. The summed E-state index contributed by atoms with van der Waals surface area (Å²) >= 11 is 0. The molecule has 0 aliphatic rings. The van der Waals surface area contributed by atoms with Gasteiger partial charge in [0, 0.05) is 0 Å². The third kappa shape index (κ3) is 6.46. The summed E-state index contributed by atoms with van der Waals surface area (Å²) in [4.78, 5) is 0. The van der Waals surface area contributed by atoms with Crippen molar-refractivity contribution in [2.24, 2.45) is 5.11 Å². The van der Waals surface area contributed by atoms with Crippen LogP contribution in [0.2, 0.25) is 0 Å². The summed E-state index contributed by atoms with van der Waals surface area (Å²) in [6.07, 6.45) is 13.6. The highest BCUT2D eigenvalue weighted by Crippen LogP contribution is 2.38. The van der Waals surface area contributed by atoms with Gasteiger partial charge in [0.1, 0.15) is 11.5 Å². The molecule has 0 aliphatic carbocycles. The smallest absolute Gasteiger partial charge is 0.168 e. The van der Waals surface area contributed by atoms with Crippen LogP contribution in [0.5, 0.6) is 11.5 Å². The monoisotopic (exact) mass is 306 g/mol.